The number of hydrogen-bond acceptors (Lipinski definition) is 6. The lowest BCUT2D eigenvalue weighted by atomic mass is 9.66. The van der Waals surface area contributed by atoms with Gasteiger partial charge >= 0.3 is 11.9 Å². The minimum atomic E-state index is -1.07. The molecule has 0 saturated carbocycles. The molecule has 0 bridgehead atoms. The van der Waals surface area contributed by atoms with Gasteiger partial charge < -0.3 is 19.1 Å². The molecule has 0 radical (unpaired) electrons. The summed E-state index contributed by atoms with van der Waals surface area (Å²) in [5.41, 5.74) is 0.380. The lowest BCUT2D eigenvalue weighted by Gasteiger charge is -2.35. The number of carbonyl (C=O) groups is 4. The van der Waals surface area contributed by atoms with Crippen molar-refractivity contribution in [3.63, 3.8) is 0 Å². The molecule has 1 aromatic rings. The Hall–Kier alpha value is -3.28. The maximum Gasteiger partial charge on any atom is 0.343 e. The molecule has 2 aliphatic carbocycles. The van der Waals surface area contributed by atoms with Crippen molar-refractivity contribution < 1.29 is 28.7 Å². The fourth-order valence-electron chi connectivity index (χ4n) is 3.41. The van der Waals surface area contributed by atoms with Gasteiger partial charge in [0.15, 0.2) is 0 Å². The van der Waals surface area contributed by atoms with Crippen LogP contribution >= 0.6 is 0 Å². The summed E-state index contributed by atoms with van der Waals surface area (Å²) in [6.45, 7) is 2.00. The summed E-state index contributed by atoms with van der Waals surface area (Å²) < 4.78 is 10.3. The van der Waals surface area contributed by atoms with Gasteiger partial charge in [-0.05, 0) is 55.7 Å². The minimum Gasteiger partial charge on any atom is -0.462 e. The van der Waals surface area contributed by atoms with E-state index in [1.54, 1.807) is 25.2 Å². The number of rotatable bonds is 6. The van der Waals surface area contributed by atoms with Crippen LogP contribution in [0, 0.1) is 11.3 Å². The summed E-state index contributed by atoms with van der Waals surface area (Å²) in [5.74, 6) is -1.07. The maximum atomic E-state index is 12.5. The molecular formula is C22H20O6. The topological polar surface area (TPSA) is 86.7 Å². The Kier molecular flexibility index (Phi) is 5.68. The van der Waals surface area contributed by atoms with Gasteiger partial charge in [0.2, 0.25) is 0 Å². The molecule has 28 heavy (non-hydrogen) atoms. The standard InChI is InChI=1S/C22H20O6/c1-2-27-20(25)15-5-8-18(9-6-15)28-21(26)17-7-10-19-16(12-17)4-3-11-22(19,13-23)14-24/h4-10,12-14,19H,2-3,11H2,1H3. The lowest BCUT2D eigenvalue weighted by Crippen LogP contribution is -2.37. The summed E-state index contributed by atoms with van der Waals surface area (Å²) in [6.07, 6.45) is 9.30. The molecule has 1 unspecified atom stereocenters. The van der Waals surface area contributed by atoms with Gasteiger partial charge in [-0.25, -0.2) is 9.59 Å². The van der Waals surface area contributed by atoms with Gasteiger partial charge in [0.1, 0.15) is 18.3 Å². The van der Waals surface area contributed by atoms with Gasteiger partial charge in [0, 0.05) is 5.92 Å². The molecule has 0 fully saturated rings. The van der Waals surface area contributed by atoms with Crippen molar-refractivity contribution in [1.29, 1.82) is 0 Å². The van der Waals surface area contributed by atoms with E-state index >= 15 is 0 Å². The number of fused-ring (bicyclic) bond motifs is 1. The van der Waals surface area contributed by atoms with Crippen molar-refractivity contribution in [2.45, 2.75) is 19.8 Å². The zero-order valence-electron chi connectivity index (χ0n) is 15.4. The number of allylic oxidation sites excluding steroid dienone is 4. The first-order chi connectivity index (χ1) is 13.5. The maximum absolute atomic E-state index is 12.5. The highest BCUT2D eigenvalue weighted by atomic mass is 16.5. The molecule has 1 aromatic carbocycles. The molecule has 0 saturated heterocycles. The number of aldehydes is 2. The Morgan fingerprint density at radius 3 is 2.50 bits per heavy atom. The molecule has 0 heterocycles. The average Bonchev–Trinajstić information content (AvgIpc) is 2.73. The first-order valence-corrected chi connectivity index (χ1v) is 9.05. The Morgan fingerprint density at radius 2 is 1.86 bits per heavy atom. The van der Waals surface area contributed by atoms with E-state index in [4.69, 9.17) is 9.47 Å². The molecule has 0 amide bonds. The molecule has 3 rings (SSSR count). The number of hydrogen-bond donors (Lipinski definition) is 0. The summed E-state index contributed by atoms with van der Waals surface area (Å²) in [5, 5.41) is 0. The van der Waals surface area contributed by atoms with E-state index in [0.717, 1.165) is 5.57 Å². The van der Waals surface area contributed by atoms with Crippen molar-refractivity contribution in [2.24, 2.45) is 11.3 Å². The highest BCUT2D eigenvalue weighted by Crippen LogP contribution is 2.42. The molecule has 0 N–H and O–H groups in total. The van der Waals surface area contributed by atoms with E-state index in [1.165, 1.54) is 24.3 Å². The fourth-order valence-corrected chi connectivity index (χ4v) is 3.41. The van der Waals surface area contributed by atoms with Crippen molar-refractivity contribution in [3.8, 4) is 5.75 Å². The molecule has 1 atom stereocenters. The van der Waals surface area contributed by atoms with Crippen LogP contribution in [-0.4, -0.2) is 31.1 Å². The second-order valence-electron chi connectivity index (χ2n) is 6.66. The van der Waals surface area contributed by atoms with Gasteiger partial charge in [0.25, 0.3) is 0 Å². The van der Waals surface area contributed by atoms with Crippen molar-refractivity contribution >= 4 is 24.5 Å². The van der Waals surface area contributed by atoms with E-state index in [1.807, 2.05) is 6.08 Å². The van der Waals surface area contributed by atoms with Crippen LogP contribution in [0.15, 0.2) is 59.7 Å². The minimum absolute atomic E-state index is 0.280. The molecule has 144 valence electrons. The molecule has 6 nitrogen and oxygen atoms in total. The quantitative estimate of drug-likeness (QED) is 0.326. The van der Waals surface area contributed by atoms with Crippen LogP contribution in [0.5, 0.6) is 5.75 Å². The Bertz CT molecular complexity index is 880. The predicted molar refractivity (Wildman–Crippen MR) is 101 cm³/mol. The van der Waals surface area contributed by atoms with Crippen LogP contribution in [0.4, 0.5) is 0 Å². The predicted octanol–water partition coefficient (Wildman–Crippen LogP) is 2.99. The molecule has 0 aliphatic heterocycles. The van der Waals surface area contributed by atoms with Crippen LogP contribution in [0.2, 0.25) is 0 Å². The molecule has 0 aromatic heterocycles. The van der Waals surface area contributed by atoms with E-state index in [2.05, 4.69) is 0 Å². The third kappa shape index (κ3) is 3.71. The molecule has 6 heteroatoms. The number of esters is 2. The summed E-state index contributed by atoms with van der Waals surface area (Å²) >= 11 is 0. The number of carbonyl (C=O) groups excluding carboxylic acids is 4. The third-order valence-electron chi connectivity index (χ3n) is 4.94. The average molecular weight is 380 g/mol. The monoisotopic (exact) mass is 380 g/mol. The number of benzene rings is 1. The second kappa shape index (κ2) is 8.17. The first kappa shape index (κ1) is 19.5. The Balaban J connectivity index is 1.72. The highest BCUT2D eigenvalue weighted by Gasteiger charge is 2.41. The van der Waals surface area contributed by atoms with Crippen LogP contribution in [0.1, 0.15) is 30.1 Å². The number of ether oxygens (including phenoxy) is 2. The smallest absolute Gasteiger partial charge is 0.343 e. The molecule has 0 spiro atoms. The third-order valence-corrected chi connectivity index (χ3v) is 4.94. The van der Waals surface area contributed by atoms with Crippen LogP contribution in [-0.2, 0) is 19.1 Å². The molecular weight excluding hydrogens is 360 g/mol. The van der Waals surface area contributed by atoms with Gasteiger partial charge in [-0.3, -0.25) is 0 Å². The van der Waals surface area contributed by atoms with E-state index in [9.17, 15) is 19.2 Å². The van der Waals surface area contributed by atoms with Crippen LogP contribution < -0.4 is 4.74 Å². The Morgan fingerprint density at radius 1 is 1.14 bits per heavy atom. The lowest BCUT2D eigenvalue weighted by molar-refractivity contribution is -0.130. The summed E-state index contributed by atoms with van der Waals surface area (Å²) in [7, 11) is 0. The van der Waals surface area contributed by atoms with Crippen LogP contribution in [0.25, 0.3) is 0 Å². The fraction of sp³-hybridized carbons (Fsp3) is 0.273. The van der Waals surface area contributed by atoms with Crippen molar-refractivity contribution in [3.05, 3.63) is 65.3 Å². The SMILES string of the molecule is CCOC(=O)c1ccc(OC(=O)C2=CC3=CCCC(C=O)(C=O)C3C=C2)cc1. The van der Waals surface area contributed by atoms with Gasteiger partial charge in [-0.15, -0.1) is 0 Å². The zero-order chi connectivity index (χ0) is 20.1. The Labute approximate surface area is 162 Å². The second-order valence-corrected chi connectivity index (χ2v) is 6.66. The van der Waals surface area contributed by atoms with Gasteiger partial charge in [0.05, 0.1) is 23.2 Å². The zero-order valence-corrected chi connectivity index (χ0v) is 15.4. The summed E-state index contributed by atoms with van der Waals surface area (Å²) in [4.78, 5) is 47.1. The van der Waals surface area contributed by atoms with Crippen LogP contribution in [0.3, 0.4) is 0 Å². The largest absolute Gasteiger partial charge is 0.462 e. The van der Waals surface area contributed by atoms with E-state index in [-0.39, 0.29) is 12.5 Å². The van der Waals surface area contributed by atoms with Crippen molar-refractivity contribution in [2.75, 3.05) is 6.61 Å². The first-order valence-electron chi connectivity index (χ1n) is 9.05. The van der Waals surface area contributed by atoms with Crippen molar-refractivity contribution in [1.82, 2.24) is 0 Å². The van der Waals surface area contributed by atoms with Gasteiger partial charge in [-0.2, -0.15) is 0 Å². The van der Waals surface area contributed by atoms with E-state index < -0.39 is 17.4 Å². The molecule has 2 aliphatic rings. The van der Waals surface area contributed by atoms with E-state index in [0.29, 0.717) is 42.3 Å². The normalized spacial score (nSPS) is 19.5. The van der Waals surface area contributed by atoms with Gasteiger partial charge in [-0.1, -0.05) is 18.2 Å². The highest BCUT2D eigenvalue weighted by molar-refractivity contribution is 5.95. The summed E-state index contributed by atoms with van der Waals surface area (Å²) in [6, 6.07) is 6.08.